The van der Waals surface area contributed by atoms with Gasteiger partial charge >= 0.3 is 5.97 Å². The fraction of sp³-hybridized carbons (Fsp3) is 0.500. The molecule has 4 aliphatic rings. The number of amides is 2. The first-order valence-corrected chi connectivity index (χ1v) is 13.9. The topological polar surface area (TPSA) is 99.2 Å². The van der Waals surface area contributed by atoms with Crippen molar-refractivity contribution in [3.05, 3.63) is 60.2 Å². The third-order valence-corrected chi connectivity index (χ3v) is 8.64. The van der Waals surface area contributed by atoms with E-state index in [0.717, 1.165) is 43.1 Å². The van der Waals surface area contributed by atoms with Gasteiger partial charge in [-0.25, -0.2) is 4.79 Å². The minimum absolute atomic E-state index is 0.00952. The van der Waals surface area contributed by atoms with Crippen LogP contribution in [0.3, 0.4) is 0 Å². The summed E-state index contributed by atoms with van der Waals surface area (Å²) in [6.07, 6.45) is 8.93. The summed E-state index contributed by atoms with van der Waals surface area (Å²) in [5.41, 5.74) is -0.190. The second kappa shape index (κ2) is 10.2. The van der Waals surface area contributed by atoms with Crippen LogP contribution in [-0.4, -0.2) is 63.6 Å². The first kappa shape index (κ1) is 25.1. The van der Waals surface area contributed by atoms with Crippen LogP contribution in [0.15, 0.2) is 54.6 Å². The van der Waals surface area contributed by atoms with Gasteiger partial charge in [0.25, 0.3) is 0 Å². The number of carbonyl (C=O) groups is 3. The van der Waals surface area contributed by atoms with Crippen molar-refractivity contribution in [1.82, 2.24) is 15.3 Å². The smallest absolute Gasteiger partial charge is 0.330 e. The van der Waals surface area contributed by atoms with E-state index in [1.54, 1.807) is 4.90 Å². The highest BCUT2D eigenvalue weighted by Crippen LogP contribution is 2.46. The van der Waals surface area contributed by atoms with Crippen molar-refractivity contribution in [2.45, 2.75) is 69.2 Å². The third kappa shape index (κ3) is 4.71. The van der Waals surface area contributed by atoms with Gasteiger partial charge in [0.15, 0.2) is 0 Å². The van der Waals surface area contributed by atoms with E-state index < -0.39 is 29.6 Å². The number of hydroxylamine groups is 2. The van der Waals surface area contributed by atoms with Crippen LogP contribution < -0.4 is 5.32 Å². The molecule has 2 aromatic rings. The first-order chi connectivity index (χ1) is 18.4. The molecule has 0 bridgehead atoms. The third-order valence-electron chi connectivity index (χ3n) is 8.64. The van der Waals surface area contributed by atoms with Gasteiger partial charge in [-0.2, -0.15) is 5.06 Å². The predicted molar refractivity (Wildman–Crippen MR) is 142 cm³/mol. The van der Waals surface area contributed by atoms with Crippen LogP contribution in [0.5, 0.6) is 0 Å². The number of benzene rings is 2. The van der Waals surface area contributed by atoms with Crippen LogP contribution in [0.1, 0.15) is 50.5 Å². The molecule has 0 spiro atoms. The molecule has 0 radical (unpaired) electrons. The molecule has 3 aliphatic heterocycles. The number of rotatable bonds is 3. The maximum Gasteiger partial charge on any atom is 0.330 e. The molecule has 5 atom stereocenters. The summed E-state index contributed by atoms with van der Waals surface area (Å²) in [7, 11) is 0. The zero-order valence-electron chi connectivity index (χ0n) is 21.6. The molecule has 1 saturated carbocycles. The SMILES string of the molecule is O=C1N[C@]2(C(=O)O)C[C@H]2/C=C\CCCCCCC(=O)N2C[C@@H]3CN(Cc4ccc5ccccc5c4)O[C@@H]3[C@@H]12. The van der Waals surface area contributed by atoms with Crippen LogP contribution in [-0.2, 0) is 25.8 Å². The van der Waals surface area contributed by atoms with Crippen LogP contribution in [0.2, 0.25) is 0 Å². The highest BCUT2D eigenvalue weighted by atomic mass is 16.7. The molecule has 3 heterocycles. The zero-order chi connectivity index (χ0) is 26.3. The average Bonchev–Trinajstić information content (AvgIpc) is 3.27. The molecular formula is C30H35N3O5. The molecule has 1 aliphatic carbocycles. The normalized spacial score (nSPS) is 33.0. The van der Waals surface area contributed by atoms with Crippen molar-refractivity contribution < 1.29 is 24.3 Å². The number of hydrogen-bond acceptors (Lipinski definition) is 5. The summed E-state index contributed by atoms with van der Waals surface area (Å²) in [5.74, 6) is -1.74. The van der Waals surface area contributed by atoms with E-state index in [-0.39, 0.29) is 17.7 Å². The Bertz CT molecular complexity index is 1280. The average molecular weight is 518 g/mol. The Kier molecular flexibility index (Phi) is 6.70. The van der Waals surface area contributed by atoms with Crippen LogP contribution in [0, 0.1) is 11.8 Å². The van der Waals surface area contributed by atoms with Crippen molar-refractivity contribution in [3.63, 3.8) is 0 Å². The van der Waals surface area contributed by atoms with Gasteiger partial charge in [-0.15, -0.1) is 0 Å². The highest BCUT2D eigenvalue weighted by molar-refractivity contribution is 5.95. The largest absolute Gasteiger partial charge is 0.479 e. The lowest BCUT2D eigenvalue weighted by atomic mass is 10.0. The first-order valence-electron chi connectivity index (χ1n) is 13.9. The van der Waals surface area contributed by atoms with E-state index in [2.05, 4.69) is 35.6 Å². The van der Waals surface area contributed by atoms with E-state index in [0.29, 0.717) is 32.5 Å². The van der Waals surface area contributed by atoms with Gasteiger partial charge in [-0.05, 0) is 48.1 Å². The van der Waals surface area contributed by atoms with Crippen LogP contribution >= 0.6 is 0 Å². The second-order valence-electron chi connectivity index (χ2n) is 11.3. The molecule has 2 amide bonds. The summed E-state index contributed by atoms with van der Waals surface area (Å²) in [6, 6.07) is 13.7. The molecule has 2 N–H and O–H groups in total. The lowest BCUT2D eigenvalue weighted by Crippen LogP contribution is -2.56. The van der Waals surface area contributed by atoms with Crippen molar-refractivity contribution in [2.75, 3.05) is 13.1 Å². The van der Waals surface area contributed by atoms with Gasteiger partial charge in [0, 0.05) is 37.9 Å². The molecular weight excluding hydrogens is 482 g/mol. The lowest BCUT2D eigenvalue weighted by molar-refractivity contribution is -0.174. The summed E-state index contributed by atoms with van der Waals surface area (Å²) in [6.45, 7) is 1.63. The second-order valence-corrected chi connectivity index (χ2v) is 11.3. The van der Waals surface area contributed by atoms with E-state index >= 15 is 0 Å². The number of nitrogens with zero attached hydrogens (tertiary/aromatic N) is 2. The van der Waals surface area contributed by atoms with E-state index in [4.69, 9.17) is 4.84 Å². The molecule has 2 saturated heterocycles. The number of nitrogens with one attached hydrogen (secondary N) is 1. The number of carbonyl (C=O) groups excluding carboxylic acids is 2. The predicted octanol–water partition coefficient (Wildman–Crippen LogP) is 3.65. The van der Waals surface area contributed by atoms with E-state index in [1.807, 2.05) is 29.3 Å². The number of carboxylic acids is 1. The van der Waals surface area contributed by atoms with Crippen molar-refractivity contribution >= 4 is 28.6 Å². The lowest BCUT2D eigenvalue weighted by Gasteiger charge is -2.29. The monoisotopic (exact) mass is 517 g/mol. The maximum absolute atomic E-state index is 13.7. The Morgan fingerprint density at radius 2 is 1.87 bits per heavy atom. The van der Waals surface area contributed by atoms with Crippen LogP contribution in [0.4, 0.5) is 0 Å². The quantitative estimate of drug-likeness (QED) is 0.603. The summed E-state index contributed by atoms with van der Waals surface area (Å²) < 4.78 is 0. The van der Waals surface area contributed by atoms with Crippen molar-refractivity contribution in [3.8, 4) is 0 Å². The van der Waals surface area contributed by atoms with Gasteiger partial charge < -0.3 is 15.3 Å². The Morgan fingerprint density at radius 3 is 2.71 bits per heavy atom. The number of fused-ring (bicyclic) bond motifs is 5. The highest BCUT2D eigenvalue weighted by Gasteiger charge is 2.62. The summed E-state index contributed by atoms with van der Waals surface area (Å²) in [4.78, 5) is 47.2. The Morgan fingerprint density at radius 1 is 1.05 bits per heavy atom. The molecule has 8 nitrogen and oxygen atoms in total. The molecule has 6 rings (SSSR count). The van der Waals surface area contributed by atoms with Gasteiger partial charge in [0.1, 0.15) is 17.7 Å². The minimum Gasteiger partial charge on any atom is -0.479 e. The van der Waals surface area contributed by atoms with Crippen molar-refractivity contribution in [2.24, 2.45) is 11.8 Å². The van der Waals surface area contributed by atoms with Gasteiger partial charge in [0.2, 0.25) is 11.8 Å². The maximum atomic E-state index is 13.7. The van der Waals surface area contributed by atoms with Crippen LogP contribution in [0.25, 0.3) is 10.8 Å². The van der Waals surface area contributed by atoms with E-state index in [9.17, 15) is 19.5 Å². The zero-order valence-corrected chi connectivity index (χ0v) is 21.6. The molecule has 0 unspecified atom stereocenters. The molecule has 8 heteroatoms. The standard InChI is InChI=1S/C30H35N3O5/c34-25-12-6-4-2-1-3-5-11-24-16-30(24,29(36)37)31-28(35)26-27-23(19-33(25)26)18-32(38-27)17-20-13-14-21-9-7-8-10-22(21)15-20/h5,7-11,13-15,23-24,26-27H,1-4,6,12,16-19H2,(H,31,35)(H,36,37)/b11-5-/t23-,24+,26-,27-,30+/m0/s1. The fourth-order valence-corrected chi connectivity index (χ4v) is 6.43. The van der Waals surface area contributed by atoms with Gasteiger partial charge in [-0.3, -0.25) is 14.4 Å². The number of allylic oxidation sites excluding steroid dienone is 1. The molecule has 200 valence electrons. The fourth-order valence-electron chi connectivity index (χ4n) is 6.43. The number of hydrogen-bond donors (Lipinski definition) is 2. The Labute approximate surface area is 222 Å². The van der Waals surface area contributed by atoms with E-state index in [1.165, 1.54) is 5.39 Å². The Hall–Kier alpha value is -3.23. The van der Waals surface area contributed by atoms with Gasteiger partial charge in [0.05, 0.1) is 0 Å². The molecule has 38 heavy (non-hydrogen) atoms. The molecule has 2 aromatic carbocycles. The summed E-state index contributed by atoms with van der Waals surface area (Å²) in [5, 5.41) is 17.1. The Balaban J connectivity index is 1.22. The number of carboxylic acid groups (broad SMARTS) is 1. The minimum atomic E-state index is -1.30. The van der Waals surface area contributed by atoms with Crippen molar-refractivity contribution in [1.29, 1.82) is 0 Å². The van der Waals surface area contributed by atoms with Gasteiger partial charge in [-0.1, -0.05) is 61.4 Å². The molecule has 0 aromatic heterocycles. The number of aliphatic carboxylic acids is 1. The molecule has 3 fully saturated rings. The summed E-state index contributed by atoms with van der Waals surface area (Å²) >= 11 is 0.